The second-order valence-corrected chi connectivity index (χ2v) is 6.38. The molecule has 0 saturated heterocycles. The van der Waals surface area contributed by atoms with Crippen LogP contribution in [0.25, 0.3) is 0 Å². The van der Waals surface area contributed by atoms with Crippen molar-refractivity contribution in [1.29, 1.82) is 0 Å². The van der Waals surface area contributed by atoms with Crippen LogP contribution in [0.1, 0.15) is 37.0 Å². The molecule has 0 aromatic heterocycles. The molecule has 0 spiro atoms. The summed E-state index contributed by atoms with van der Waals surface area (Å²) in [6.07, 6.45) is 0.736. The number of phenolic OH excluding ortho intramolecular Hbond substituents is 1. The maximum atomic E-state index is 12.1. The molecule has 0 aliphatic carbocycles. The smallest absolute Gasteiger partial charge is 0.303 e. The molecule has 1 amide bonds. The van der Waals surface area contributed by atoms with Crippen molar-refractivity contribution in [3.05, 3.63) is 28.2 Å². The molecule has 0 bridgehead atoms. The van der Waals surface area contributed by atoms with Gasteiger partial charge in [0.1, 0.15) is 5.75 Å². The van der Waals surface area contributed by atoms with Crippen LogP contribution < -0.4 is 5.32 Å². The van der Waals surface area contributed by atoms with Gasteiger partial charge in [-0.25, -0.2) is 0 Å². The minimum atomic E-state index is -0.875. The van der Waals surface area contributed by atoms with Gasteiger partial charge in [-0.1, -0.05) is 29.8 Å². The van der Waals surface area contributed by atoms with E-state index in [1.165, 1.54) is 12.1 Å². The largest absolute Gasteiger partial charge is 0.507 e. The number of hydrogen-bond acceptors (Lipinski definition) is 3. The summed E-state index contributed by atoms with van der Waals surface area (Å²) in [5.41, 5.74) is 0.169. The molecule has 1 aromatic carbocycles. The van der Waals surface area contributed by atoms with Crippen molar-refractivity contribution in [2.75, 3.05) is 6.54 Å². The van der Waals surface area contributed by atoms with E-state index in [2.05, 4.69) is 21.2 Å². The molecule has 0 radical (unpaired) electrons. The fourth-order valence-electron chi connectivity index (χ4n) is 2.17. The Balaban J connectivity index is 2.68. The van der Waals surface area contributed by atoms with E-state index >= 15 is 0 Å². The van der Waals surface area contributed by atoms with Crippen molar-refractivity contribution < 1.29 is 19.8 Å². The topological polar surface area (TPSA) is 86.6 Å². The van der Waals surface area contributed by atoms with E-state index in [9.17, 15) is 14.7 Å². The highest BCUT2D eigenvalue weighted by Gasteiger charge is 2.18. The molecule has 0 aliphatic heterocycles. The van der Waals surface area contributed by atoms with Gasteiger partial charge < -0.3 is 15.5 Å². The zero-order valence-electron chi connectivity index (χ0n) is 12.1. The Morgan fingerprint density at radius 1 is 1.33 bits per heavy atom. The molecular formula is C15H20BrNO4. The highest BCUT2D eigenvalue weighted by atomic mass is 79.9. The molecule has 0 saturated carbocycles. The van der Waals surface area contributed by atoms with Gasteiger partial charge in [-0.2, -0.15) is 0 Å². The van der Waals surface area contributed by atoms with E-state index < -0.39 is 11.9 Å². The number of amides is 1. The molecule has 1 aromatic rings. The van der Waals surface area contributed by atoms with Gasteiger partial charge in [0, 0.05) is 17.4 Å². The Morgan fingerprint density at radius 3 is 2.57 bits per heavy atom. The lowest BCUT2D eigenvalue weighted by atomic mass is 9.94. The first-order valence-electron chi connectivity index (χ1n) is 6.78. The van der Waals surface area contributed by atoms with Crippen LogP contribution in [-0.4, -0.2) is 28.6 Å². The monoisotopic (exact) mass is 357 g/mol. The van der Waals surface area contributed by atoms with Crippen molar-refractivity contribution >= 4 is 27.8 Å². The van der Waals surface area contributed by atoms with E-state index in [0.29, 0.717) is 10.4 Å². The van der Waals surface area contributed by atoms with Crippen LogP contribution in [0.5, 0.6) is 5.75 Å². The third-order valence-corrected chi connectivity index (χ3v) is 3.52. The number of hydrogen-bond donors (Lipinski definition) is 3. The molecule has 21 heavy (non-hydrogen) atoms. The molecule has 116 valence electrons. The van der Waals surface area contributed by atoms with E-state index in [1.807, 2.05) is 13.8 Å². The number of aliphatic carboxylic acids is 1. The molecule has 0 aliphatic rings. The van der Waals surface area contributed by atoms with Gasteiger partial charge >= 0.3 is 5.97 Å². The number of carbonyl (C=O) groups is 2. The zero-order valence-corrected chi connectivity index (χ0v) is 13.7. The van der Waals surface area contributed by atoms with Crippen LogP contribution in [0.3, 0.4) is 0 Å². The predicted octanol–water partition coefficient (Wildman–Crippen LogP) is 3.02. The number of aromatic hydroxyl groups is 1. The third kappa shape index (κ3) is 6.16. The Hall–Kier alpha value is -1.56. The van der Waals surface area contributed by atoms with E-state index in [-0.39, 0.29) is 30.2 Å². The first-order valence-corrected chi connectivity index (χ1v) is 7.57. The van der Waals surface area contributed by atoms with Crippen molar-refractivity contribution in [2.45, 2.75) is 26.7 Å². The van der Waals surface area contributed by atoms with Crippen LogP contribution in [-0.2, 0) is 4.79 Å². The van der Waals surface area contributed by atoms with Crippen LogP contribution in [0.4, 0.5) is 0 Å². The van der Waals surface area contributed by atoms with Gasteiger partial charge in [0.15, 0.2) is 0 Å². The molecule has 0 fully saturated rings. The average molecular weight is 358 g/mol. The van der Waals surface area contributed by atoms with E-state index in [4.69, 9.17) is 5.11 Å². The Bertz CT molecular complexity index is 516. The van der Waals surface area contributed by atoms with E-state index in [0.717, 1.165) is 6.42 Å². The first-order chi connectivity index (χ1) is 9.79. The standard InChI is InChI=1S/C15H20BrNO4/c1-9(2)5-10(6-14(19)20)8-17-15(21)12-7-11(16)3-4-13(12)18/h3-4,7,9-10,18H,5-6,8H2,1-2H3,(H,17,21)(H,19,20). The number of carbonyl (C=O) groups excluding carboxylic acids is 1. The predicted molar refractivity (Wildman–Crippen MR) is 83.3 cm³/mol. The lowest BCUT2D eigenvalue weighted by molar-refractivity contribution is -0.138. The lowest BCUT2D eigenvalue weighted by Gasteiger charge is -2.18. The van der Waals surface area contributed by atoms with Crippen molar-refractivity contribution in [2.24, 2.45) is 11.8 Å². The summed E-state index contributed by atoms with van der Waals surface area (Å²) >= 11 is 3.24. The Labute approximate surface area is 132 Å². The van der Waals surface area contributed by atoms with Crippen LogP contribution in [0, 0.1) is 11.8 Å². The summed E-state index contributed by atoms with van der Waals surface area (Å²) in [5.74, 6) is -1.16. The number of carboxylic acids is 1. The molecule has 0 heterocycles. The number of phenols is 1. The van der Waals surface area contributed by atoms with Crippen LogP contribution in [0.15, 0.2) is 22.7 Å². The maximum absolute atomic E-state index is 12.1. The normalized spacial score (nSPS) is 12.2. The summed E-state index contributed by atoms with van der Waals surface area (Å²) in [4.78, 5) is 22.9. The first kappa shape index (κ1) is 17.5. The summed E-state index contributed by atoms with van der Waals surface area (Å²) < 4.78 is 0.690. The van der Waals surface area contributed by atoms with Gasteiger partial charge in [0.05, 0.1) is 5.56 Å². The lowest BCUT2D eigenvalue weighted by Crippen LogP contribution is -2.31. The third-order valence-electron chi connectivity index (χ3n) is 3.02. The molecule has 3 N–H and O–H groups in total. The Kier molecular flexibility index (Phi) is 6.68. The van der Waals surface area contributed by atoms with Crippen LogP contribution >= 0.6 is 15.9 Å². The zero-order chi connectivity index (χ0) is 16.0. The number of benzene rings is 1. The van der Waals surface area contributed by atoms with Gasteiger partial charge in [-0.05, 0) is 36.5 Å². The summed E-state index contributed by atoms with van der Waals surface area (Å²) in [5, 5.41) is 21.3. The van der Waals surface area contributed by atoms with Crippen molar-refractivity contribution in [3.8, 4) is 5.75 Å². The molecule has 1 rings (SSSR count). The summed E-state index contributed by atoms with van der Waals surface area (Å²) in [7, 11) is 0. The number of nitrogens with one attached hydrogen (secondary N) is 1. The number of rotatable bonds is 7. The maximum Gasteiger partial charge on any atom is 0.303 e. The summed E-state index contributed by atoms with van der Waals surface area (Å²) in [6.45, 7) is 4.29. The van der Waals surface area contributed by atoms with Gasteiger partial charge in [0.25, 0.3) is 5.91 Å². The minimum absolute atomic E-state index is 0.0168. The summed E-state index contributed by atoms with van der Waals surface area (Å²) in [6, 6.07) is 4.60. The molecule has 6 heteroatoms. The Morgan fingerprint density at radius 2 is 2.00 bits per heavy atom. The SMILES string of the molecule is CC(C)CC(CNC(=O)c1cc(Br)ccc1O)CC(=O)O. The van der Waals surface area contributed by atoms with E-state index in [1.54, 1.807) is 6.07 Å². The fraction of sp³-hybridized carbons (Fsp3) is 0.467. The number of carboxylic acid groups (broad SMARTS) is 1. The second-order valence-electron chi connectivity index (χ2n) is 5.46. The minimum Gasteiger partial charge on any atom is -0.507 e. The highest BCUT2D eigenvalue weighted by Crippen LogP contribution is 2.22. The van der Waals surface area contributed by atoms with Gasteiger partial charge in [-0.15, -0.1) is 0 Å². The van der Waals surface area contributed by atoms with Crippen molar-refractivity contribution in [1.82, 2.24) is 5.32 Å². The van der Waals surface area contributed by atoms with Gasteiger partial charge in [0.2, 0.25) is 0 Å². The number of halogens is 1. The highest BCUT2D eigenvalue weighted by molar-refractivity contribution is 9.10. The molecular weight excluding hydrogens is 338 g/mol. The molecule has 1 unspecified atom stereocenters. The van der Waals surface area contributed by atoms with Crippen molar-refractivity contribution in [3.63, 3.8) is 0 Å². The van der Waals surface area contributed by atoms with Gasteiger partial charge in [-0.3, -0.25) is 9.59 Å². The van der Waals surface area contributed by atoms with Crippen LogP contribution in [0.2, 0.25) is 0 Å². The molecule has 5 nitrogen and oxygen atoms in total. The molecule has 1 atom stereocenters. The fourth-order valence-corrected chi connectivity index (χ4v) is 2.54. The second kappa shape index (κ2) is 8.02. The quantitative estimate of drug-likeness (QED) is 0.699. The average Bonchev–Trinajstić information content (AvgIpc) is 2.37.